The quantitative estimate of drug-likeness (QED) is 0.870. The Bertz CT molecular complexity index is 593. The molecule has 2 rings (SSSR count). The fourth-order valence-electron chi connectivity index (χ4n) is 2.16. The lowest BCUT2D eigenvalue weighted by molar-refractivity contribution is 0.00856. The Morgan fingerprint density at radius 2 is 2.24 bits per heavy atom. The van der Waals surface area contributed by atoms with Gasteiger partial charge in [0.15, 0.2) is 5.03 Å². The number of aromatic carboxylic acids is 1. The van der Waals surface area contributed by atoms with E-state index >= 15 is 0 Å². The molecule has 7 nitrogen and oxygen atoms in total. The zero-order valence-corrected chi connectivity index (χ0v) is 12.5. The number of carboxylic acid groups (broad SMARTS) is 1. The van der Waals surface area contributed by atoms with Crippen LogP contribution >= 0.6 is 0 Å². The number of carbonyl (C=O) groups is 1. The number of hydrogen-bond acceptors (Lipinski definition) is 5. The number of hydrogen-bond donors (Lipinski definition) is 1. The van der Waals surface area contributed by atoms with Gasteiger partial charge in [-0.1, -0.05) is 0 Å². The molecule has 1 unspecified atom stereocenters. The molecular weight excluding hydrogens is 296 g/mol. The number of rotatable bonds is 5. The molecule has 0 bridgehead atoms. The standard InChI is InChI=1S/C13H18N2O5S/c1-15(9-11-4-2-3-7-20-11)21(18,19)12-6-5-10(8-14-12)13(16)17/h5-6,8,11H,2-4,7,9H2,1H3,(H,16,17). The van der Waals surface area contributed by atoms with Crippen molar-refractivity contribution in [2.75, 3.05) is 20.2 Å². The molecule has 1 aromatic heterocycles. The van der Waals surface area contributed by atoms with Crippen LogP contribution in [0.2, 0.25) is 0 Å². The zero-order valence-electron chi connectivity index (χ0n) is 11.7. The Kier molecular flexibility index (Phi) is 4.92. The fraction of sp³-hybridized carbons (Fsp3) is 0.538. The first-order chi connectivity index (χ1) is 9.91. The lowest BCUT2D eigenvalue weighted by Crippen LogP contribution is -2.37. The minimum Gasteiger partial charge on any atom is -0.478 e. The predicted molar refractivity (Wildman–Crippen MR) is 74.6 cm³/mol. The molecule has 1 fully saturated rings. The molecular formula is C13H18N2O5S. The molecule has 0 radical (unpaired) electrons. The van der Waals surface area contributed by atoms with Crippen LogP contribution in [0.4, 0.5) is 0 Å². The summed E-state index contributed by atoms with van der Waals surface area (Å²) < 4.78 is 31.4. The van der Waals surface area contributed by atoms with Crippen molar-refractivity contribution in [3.05, 3.63) is 23.9 Å². The number of carboxylic acids is 1. The van der Waals surface area contributed by atoms with Gasteiger partial charge in [0, 0.05) is 26.4 Å². The summed E-state index contributed by atoms with van der Waals surface area (Å²) in [4.78, 5) is 14.5. The lowest BCUT2D eigenvalue weighted by atomic mass is 10.1. The molecule has 1 N–H and O–H groups in total. The molecule has 21 heavy (non-hydrogen) atoms. The van der Waals surface area contributed by atoms with E-state index in [9.17, 15) is 13.2 Å². The van der Waals surface area contributed by atoms with Crippen LogP contribution in [0.5, 0.6) is 0 Å². The molecule has 0 saturated carbocycles. The minimum atomic E-state index is -3.73. The average Bonchev–Trinajstić information content (AvgIpc) is 2.48. The van der Waals surface area contributed by atoms with Gasteiger partial charge >= 0.3 is 5.97 Å². The third kappa shape index (κ3) is 3.78. The number of likely N-dealkylation sites (N-methyl/N-ethyl adjacent to an activating group) is 1. The van der Waals surface area contributed by atoms with E-state index in [0.717, 1.165) is 25.5 Å². The molecule has 0 aliphatic carbocycles. The average molecular weight is 314 g/mol. The summed E-state index contributed by atoms with van der Waals surface area (Å²) in [6.07, 6.45) is 3.82. The Hall–Kier alpha value is -1.51. The second-order valence-electron chi connectivity index (χ2n) is 4.96. The van der Waals surface area contributed by atoms with Crippen molar-refractivity contribution in [2.45, 2.75) is 30.4 Å². The first-order valence-electron chi connectivity index (χ1n) is 6.68. The highest BCUT2D eigenvalue weighted by Crippen LogP contribution is 2.17. The maximum atomic E-state index is 12.3. The van der Waals surface area contributed by atoms with E-state index in [0.29, 0.717) is 6.61 Å². The molecule has 0 spiro atoms. The van der Waals surface area contributed by atoms with Crippen molar-refractivity contribution in [1.29, 1.82) is 0 Å². The number of ether oxygens (including phenoxy) is 1. The summed E-state index contributed by atoms with van der Waals surface area (Å²) in [6, 6.07) is 2.43. The second-order valence-corrected chi connectivity index (χ2v) is 6.96. The largest absolute Gasteiger partial charge is 0.478 e. The van der Waals surface area contributed by atoms with E-state index < -0.39 is 16.0 Å². The van der Waals surface area contributed by atoms with Crippen molar-refractivity contribution in [1.82, 2.24) is 9.29 Å². The molecule has 1 aliphatic rings. The summed E-state index contributed by atoms with van der Waals surface area (Å²) in [7, 11) is -2.26. The van der Waals surface area contributed by atoms with Crippen LogP contribution in [0.25, 0.3) is 0 Å². The Morgan fingerprint density at radius 1 is 1.48 bits per heavy atom. The monoisotopic (exact) mass is 314 g/mol. The molecule has 0 amide bonds. The minimum absolute atomic E-state index is 0.0489. The molecule has 8 heteroatoms. The van der Waals surface area contributed by atoms with E-state index in [1.54, 1.807) is 0 Å². The van der Waals surface area contributed by atoms with Crippen LogP contribution in [-0.4, -0.2) is 55.1 Å². The molecule has 1 atom stereocenters. The first kappa shape index (κ1) is 15.9. The Balaban J connectivity index is 2.10. The topological polar surface area (TPSA) is 96.8 Å². The fourth-order valence-corrected chi connectivity index (χ4v) is 3.26. The number of nitrogens with zero attached hydrogens (tertiary/aromatic N) is 2. The SMILES string of the molecule is CN(CC1CCCCO1)S(=O)(=O)c1ccc(C(=O)O)cn1. The molecule has 1 saturated heterocycles. The highest BCUT2D eigenvalue weighted by atomic mass is 32.2. The van der Waals surface area contributed by atoms with Crippen molar-refractivity contribution in [3.63, 3.8) is 0 Å². The summed E-state index contributed by atoms with van der Waals surface area (Å²) in [5.41, 5.74) is -0.0489. The summed E-state index contributed by atoms with van der Waals surface area (Å²) in [5.74, 6) is -1.14. The lowest BCUT2D eigenvalue weighted by Gasteiger charge is -2.26. The number of pyridine rings is 1. The van der Waals surface area contributed by atoms with Gasteiger partial charge < -0.3 is 9.84 Å². The summed E-state index contributed by atoms with van der Waals surface area (Å²) in [6.45, 7) is 0.925. The third-order valence-electron chi connectivity index (χ3n) is 3.39. The normalized spacial score (nSPS) is 19.6. The third-order valence-corrected chi connectivity index (χ3v) is 5.13. The van der Waals surface area contributed by atoms with E-state index in [4.69, 9.17) is 9.84 Å². The van der Waals surface area contributed by atoms with Gasteiger partial charge in [0.2, 0.25) is 0 Å². The van der Waals surface area contributed by atoms with Crippen LogP contribution in [0.3, 0.4) is 0 Å². The van der Waals surface area contributed by atoms with E-state index in [1.165, 1.54) is 23.5 Å². The van der Waals surface area contributed by atoms with Gasteiger partial charge in [-0.05, 0) is 31.4 Å². The first-order valence-corrected chi connectivity index (χ1v) is 8.12. The van der Waals surface area contributed by atoms with E-state index in [1.807, 2.05) is 0 Å². The number of aromatic nitrogens is 1. The van der Waals surface area contributed by atoms with E-state index in [-0.39, 0.29) is 23.2 Å². The molecule has 0 aromatic carbocycles. The van der Waals surface area contributed by atoms with Crippen LogP contribution in [0.1, 0.15) is 29.6 Å². The Morgan fingerprint density at radius 3 is 2.76 bits per heavy atom. The molecule has 116 valence electrons. The van der Waals surface area contributed by atoms with E-state index in [2.05, 4.69) is 4.98 Å². The maximum absolute atomic E-state index is 12.3. The van der Waals surface area contributed by atoms with Gasteiger partial charge in [0.1, 0.15) is 0 Å². The second kappa shape index (κ2) is 6.50. The number of sulfonamides is 1. The van der Waals surface area contributed by atoms with Gasteiger partial charge in [0.05, 0.1) is 11.7 Å². The highest BCUT2D eigenvalue weighted by molar-refractivity contribution is 7.89. The van der Waals surface area contributed by atoms with Crippen LogP contribution in [0.15, 0.2) is 23.4 Å². The highest BCUT2D eigenvalue weighted by Gasteiger charge is 2.26. The van der Waals surface area contributed by atoms with Crippen LogP contribution < -0.4 is 0 Å². The maximum Gasteiger partial charge on any atom is 0.337 e. The van der Waals surface area contributed by atoms with Crippen LogP contribution in [0, 0.1) is 0 Å². The van der Waals surface area contributed by atoms with Gasteiger partial charge in [0.25, 0.3) is 10.0 Å². The smallest absolute Gasteiger partial charge is 0.337 e. The van der Waals surface area contributed by atoms with Crippen molar-refractivity contribution in [3.8, 4) is 0 Å². The molecule has 1 aliphatic heterocycles. The van der Waals surface area contributed by atoms with Gasteiger partial charge in [-0.3, -0.25) is 0 Å². The predicted octanol–water partition coefficient (Wildman–Crippen LogP) is 0.969. The molecule has 2 heterocycles. The van der Waals surface area contributed by atoms with Crippen molar-refractivity contribution in [2.24, 2.45) is 0 Å². The van der Waals surface area contributed by atoms with Crippen molar-refractivity contribution < 1.29 is 23.1 Å². The molecule has 1 aromatic rings. The van der Waals surface area contributed by atoms with Gasteiger partial charge in [-0.25, -0.2) is 18.2 Å². The summed E-state index contributed by atoms with van der Waals surface area (Å²) >= 11 is 0. The summed E-state index contributed by atoms with van der Waals surface area (Å²) in [5, 5.41) is 8.63. The zero-order chi connectivity index (χ0) is 15.5. The van der Waals surface area contributed by atoms with Gasteiger partial charge in [-0.2, -0.15) is 4.31 Å². The van der Waals surface area contributed by atoms with Gasteiger partial charge in [-0.15, -0.1) is 0 Å². The van der Waals surface area contributed by atoms with Crippen LogP contribution in [-0.2, 0) is 14.8 Å². The Labute approximate surface area is 123 Å². The van der Waals surface area contributed by atoms with Crippen molar-refractivity contribution >= 4 is 16.0 Å².